The second-order valence-corrected chi connectivity index (χ2v) is 4.12. The molecular formula is C10H19N. The molecule has 0 N–H and O–H groups in total. The van der Waals surface area contributed by atoms with Gasteiger partial charge in [-0.1, -0.05) is 26.8 Å². The first-order chi connectivity index (χ1) is 4.92. The molecule has 0 aromatic heterocycles. The SMILES string of the molecule is CC(C)N=C/C=C\C(C)(C)C. The molecule has 0 aliphatic heterocycles. The lowest BCUT2D eigenvalue weighted by Gasteiger charge is -2.09. The van der Waals surface area contributed by atoms with Crippen molar-refractivity contribution in [1.29, 1.82) is 0 Å². The number of aliphatic imine (C=N–C) groups is 1. The third-order valence-corrected chi connectivity index (χ3v) is 1.07. The van der Waals surface area contributed by atoms with Gasteiger partial charge in [0.15, 0.2) is 0 Å². The first-order valence-corrected chi connectivity index (χ1v) is 4.13. The van der Waals surface area contributed by atoms with Crippen LogP contribution in [0.1, 0.15) is 34.6 Å². The van der Waals surface area contributed by atoms with Crippen molar-refractivity contribution in [2.24, 2.45) is 10.4 Å². The molecule has 0 unspecified atom stereocenters. The number of hydrogen-bond donors (Lipinski definition) is 0. The molecule has 0 atom stereocenters. The van der Waals surface area contributed by atoms with Gasteiger partial charge in [0.1, 0.15) is 0 Å². The van der Waals surface area contributed by atoms with Gasteiger partial charge in [-0.2, -0.15) is 0 Å². The zero-order chi connectivity index (χ0) is 8.91. The van der Waals surface area contributed by atoms with Crippen molar-refractivity contribution in [1.82, 2.24) is 0 Å². The molecule has 64 valence electrons. The third-order valence-electron chi connectivity index (χ3n) is 1.07. The van der Waals surface area contributed by atoms with Crippen LogP contribution in [0.3, 0.4) is 0 Å². The minimum absolute atomic E-state index is 0.267. The number of hydrogen-bond acceptors (Lipinski definition) is 1. The Bertz CT molecular complexity index is 147. The Morgan fingerprint density at radius 1 is 1.18 bits per heavy atom. The Labute approximate surface area is 70.2 Å². The lowest BCUT2D eigenvalue weighted by atomic mass is 9.97. The number of nitrogens with zero attached hydrogens (tertiary/aromatic N) is 1. The Balaban J connectivity index is 3.78. The first kappa shape index (κ1) is 10.4. The van der Waals surface area contributed by atoms with Crippen molar-refractivity contribution in [3.8, 4) is 0 Å². The van der Waals surface area contributed by atoms with Crippen molar-refractivity contribution in [2.75, 3.05) is 0 Å². The predicted molar refractivity (Wildman–Crippen MR) is 52.2 cm³/mol. The molecule has 0 aliphatic rings. The van der Waals surface area contributed by atoms with Crippen molar-refractivity contribution >= 4 is 6.21 Å². The minimum atomic E-state index is 0.267. The molecular weight excluding hydrogens is 134 g/mol. The van der Waals surface area contributed by atoms with Crippen LogP contribution in [0, 0.1) is 5.41 Å². The molecule has 0 aromatic carbocycles. The largest absolute Gasteiger partial charge is 0.290 e. The van der Waals surface area contributed by atoms with Gasteiger partial charge in [-0.15, -0.1) is 0 Å². The standard InChI is InChI=1S/C10H19N/c1-9(2)11-8-6-7-10(3,4)5/h6-9H,1-5H3/b7-6-,11-8?. The van der Waals surface area contributed by atoms with Gasteiger partial charge in [0.2, 0.25) is 0 Å². The number of allylic oxidation sites excluding steroid dienone is 2. The molecule has 0 heterocycles. The molecule has 0 fully saturated rings. The van der Waals surface area contributed by atoms with E-state index in [1.165, 1.54) is 0 Å². The summed E-state index contributed by atoms with van der Waals surface area (Å²) in [7, 11) is 0. The highest BCUT2D eigenvalue weighted by Crippen LogP contribution is 2.13. The monoisotopic (exact) mass is 153 g/mol. The summed E-state index contributed by atoms with van der Waals surface area (Å²) >= 11 is 0. The number of rotatable bonds is 2. The molecule has 11 heavy (non-hydrogen) atoms. The predicted octanol–water partition coefficient (Wildman–Crippen LogP) is 3.07. The molecule has 1 heteroatoms. The van der Waals surface area contributed by atoms with E-state index < -0.39 is 0 Å². The molecule has 0 bridgehead atoms. The summed E-state index contributed by atoms with van der Waals surface area (Å²) in [5.41, 5.74) is 0.267. The van der Waals surface area contributed by atoms with Gasteiger partial charge in [-0.05, 0) is 25.3 Å². The molecule has 0 saturated carbocycles. The van der Waals surface area contributed by atoms with Crippen LogP contribution in [-0.2, 0) is 0 Å². The van der Waals surface area contributed by atoms with E-state index in [4.69, 9.17) is 0 Å². The normalized spacial score (nSPS) is 14.0. The Hall–Kier alpha value is -0.590. The van der Waals surface area contributed by atoms with E-state index in [9.17, 15) is 0 Å². The van der Waals surface area contributed by atoms with Crippen LogP contribution in [0.4, 0.5) is 0 Å². The van der Waals surface area contributed by atoms with Gasteiger partial charge in [-0.25, -0.2) is 0 Å². The maximum absolute atomic E-state index is 4.22. The average Bonchev–Trinajstić information content (AvgIpc) is 1.78. The fraction of sp³-hybridized carbons (Fsp3) is 0.700. The van der Waals surface area contributed by atoms with Gasteiger partial charge in [-0.3, -0.25) is 4.99 Å². The quantitative estimate of drug-likeness (QED) is 0.541. The summed E-state index contributed by atoms with van der Waals surface area (Å²) in [5, 5.41) is 0. The van der Waals surface area contributed by atoms with Gasteiger partial charge in [0, 0.05) is 12.3 Å². The third kappa shape index (κ3) is 9.41. The summed E-state index contributed by atoms with van der Waals surface area (Å²) in [5.74, 6) is 0. The van der Waals surface area contributed by atoms with E-state index in [1.54, 1.807) is 0 Å². The van der Waals surface area contributed by atoms with Gasteiger partial charge in [0.25, 0.3) is 0 Å². The maximum Gasteiger partial charge on any atom is 0.0443 e. The van der Waals surface area contributed by atoms with Crippen LogP contribution in [0.25, 0.3) is 0 Å². The van der Waals surface area contributed by atoms with E-state index in [2.05, 4.69) is 45.7 Å². The smallest absolute Gasteiger partial charge is 0.0443 e. The summed E-state index contributed by atoms with van der Waals surface area (Å²) in [4.78, 5) is 4.22. The van der Waals surface area contributed by atoms with Crippen molar-refractivity contribution < 1.29 is 0 Å². The van der Waals surface area contributed by atoms with E-state index in [0.29, 0.717) is 6.04 Å². The maximum atomic E-state index is 4.22. The molecule has 0 aliphatic carbocycles. The Kier molecular flexibility index (Phi) is 4.09. The summed E-state index contributed by atoms with van der Waals surface area (Å²) < 4.78 is 0. The van der Waals surface area contributed by atoms with Crippen molar-refractivity contribution in [3.63, 3.8) is 0 Å². The molecule has 0 rings (SSSR count). The molecule has 0 saturated heterocycles. The van der Waals surface area contributed by atoms with Crippen LogP contribution in [0.2, 0.25) is 0 Å². The van der Waals surface area contributed by atoms with Crippen LogP contribution in [-0.4, -0.2) is 12.3 Å². The van der Waals surface area contributed by atoms with Crippen LogP contribution in [0.15, 0.2) is 17.1 Å². The van der Waals surface area contributed by atoms with Crippen molar-refractivity contribution in [2.45, 2.75) is 40.7 Å². The topological polar surface area (TPSA) is 12.4 Å². The average molecular weight is 153 g/mol. The summed E-state index contributed by atoms with van der Waals surface area (Å²) in [6.45, 7) is 10.7. The zero-order valence-electron chi connectivity index (χ0n) is 8.26. The molecule has 0 radical (unpaired) electrons. The Morgan fingerprint density at radius 2 is 1.73 bits per heavy atom. The Morgan fingerprint density at radius 3 is 2.09 bits per heavy atom. The first-order valence-electron chi connectivity index (χ1n) is 4.13. The van der Waals surface area contributed by atoms with E-state index in [1.807, 2.05) is 12.3 Å². The van der Waals surface area contributed by atoms with Crippen LogP contribution < -0.4 is 0 Å². The molecule has 1 nitrogen and oxygen atoms in total. The fourth-order valence-electron chi connectivity index (χ4n) is 0.554. The van der Waals surface area contributed by atoms with E-state index >= 15 is 0 Å². The van der Waals surface area contributed by atoms with E-state index in [0.717, 1.165) is 0 Å². The van der Waals surface area contributed by atoms with Crippen LogP contribution >= 0.6 is 0 Å². The van der Waals surface area contributed by atoms with Gasteiger partial charge in [0.05, 0.1) is 0 Å². The summed E-state index contributed by atoms with van der Waals surface area (Å²) in [6.07, 6.45) is 6.04. The minimum Gasteiger partial charge on any atom is -0.290 e. The highest BCUT2D eigenvalue weighted by Gasteiger charge is 2.01. The van der Waals surface area contributed by atoms with E-state index in [-0.39, 0.29) is 5.41 Å². The molecule has 0 aromatic rings. The summed E-state index contributed by atoms with van der Waals surface area (Å²) in [6, 6.07) is 0.402. The second kappa shape index (κ2) is 4.32. The highest BCUT2D eigenvalue weighted by atomic mass is 14.7. The zero-order valence-corrected chi connectivity index (χ0v) is 8.26. The molecule has 0 amide bonds. The highest BCUT2D eigenvalue weighted by molar-refractivity contribution is 5.71. The van der Waals surface area contributed by atoms with Gasteiger partial charge >= 0.3 is 0 Å². The fourth-order valence-corrected chi connectivity index (χ4v) is 0.554. The lowest BCUT2D eigenvalue weighted by Crippen LogP contribution is -1.98. The second-order valence-electron chi connectivity index (χ2n) is 4.12. The molecule has 0 spiro atoms. The van der Waals surface area contributed by atoms with Crippen molar-refractivity contribution in [3.05, 3.63) is 12.2 Å². The van der Waals surface area contributed by atoms with Crippen LogP contribution in [0.5, 0.6) is 0 Å². The van der Waals surface area contributed by atoms with Gasteiger partial charge < -0.3 is 0 Å². The lowest BCUT2D eigenvalue weighted by molar-refractivity contribution is 0.545.